The minimum atomic E-state index is -0.124. The number of carbonyl (C=O) groups excluding carboxylic acids is 2. The van der Waals surface area contributed by atoms with Crippen molar-refractivity contribution in [1.29, 1.82) is 0 Å². The van der Waals surface area contributed by atoms with Crippen LogP contribution in [0.3, 0.4) is 0 Å². The molecule has 30 heavy (non-hydrogen) atoms. The van der Waals surface area contributed by atoms with Crippen molar-refractivity contribution in [2.45, 2.75) is 39.2 Å². The van der Waals surface area contributed by atoms with Gasteiger partial charge in [-0.3, -0.25) is 19.5 Å². The minimum absolute atomic E-state index is 0.00512. The molecule has 0 radical (unpaired) electrons. The molecule has 2 aliphatic carbocycles. The number of fused-ring (bicyclic) bond motifs is 5. The largest absolute Gasteiger partial charge is 0.355 e. The molecule has 1 aliphatic heterocycles. The van der Waals surface area contributed by atoms with Crippen LogP contribution in [0.25, 0.3) is 0 Å². The summed E-state index contributed by atoms with van der Waals surface area (Å²) in [6.45, 7) is 8.14. The highest BCUT2D eigenvalue weighted by Gasteiger charge is 2.58. The Labute approximate surface area is 178 Å². The van der Waals surface area contributed by atoms with Crippen LogP contribution in [-0.2, 0) is 21.5 Å². The van der Waals surface area contributed by atoms with E-state index in [1.807, 2.05) is 0 Å². The number of guanidine groups is 1. The zero-order valence-electron chi connectivity index (χ0n) is 18.3. The van der Waals surface area contributed by atoms with E-state index in [0.29, 0.717) is 25.6 Å². The van der Waals surface area contributed by atoms with Gasteiger partial charge < -0.3 is 10.6 Å². The van der Waals surface area contributed by atoms with E-state index < -0.39 is 0 Å². The van der Waals surface area contributed by atoms with Crippen LogP contribution in [0.5, 0.6) is 0 Å². The van der Waals surface area contributed by atoms with Crippen molar-refractivity contribution in [2.24, 2.45) is 28.7 Å². The van der Waals surface area contributed by atoms with Gasteiger partial charge in [0.1, 0.15) is 0 Å². The molecule has 1 aromatic rings. The molecule has 1 aromatic carbocycles. The maximum Gasteiger partial charge on any atom is 0.233 e. The van der Waals surface area contributed by atoms with Crippen molar-refractivity contribution < 1.29 is 9.59 Å². The fraction of sp³-hybridized carbons (Fsp3) is 0.542. The Balaban J connectivity index is 1.26. The van der Waals surface area contributed by atoms with E-state index in [0.717, 1.165) is 6.42 Å². The number of nitrogens with zero attached hydrogens (tertiary/aromatic N) is 2. The molecule has 2 amide bonds. The number of hydrogen-bond acceptors (Lipinski definition) is 3. The van der Waals surface area contributed by atoms with E-state index in [9.17, 15) is 9.59 Å². The lowest BCUT2D eigenvalue weighted by molar-refractivity contribution is -0.140. The Hall–Kier alpha value is -2.63. The van der Waals surface area contributed by atoms with Gasteiger partial charge in [0.15, 0.2) is 5.96 Å². The SMILES string of the molecule is CN=C(NCCN1C(=O)C2C3C=CC(C3)C2C1=O)NCc1ccc(C(C)(C)C)cc1. The van der Waals surface area contributed by atoms with Gasteiger partial charge in [-0.25, -0.2) is 0 Å². The Kier molecular flexibility index (Phi) is 5.43. The Morgan fingerprint density at radius 2 is 1.63 bits per heavy atom. The van der Waals surface area contributed by atoms with Crippen LogP contribution in [0.15, 0.2) is 41.4 Å². The first-order chi connectivity index (χ1) is 14.3. The van der Waals surface area contributed by atoms with Crippen LogP contribution < -0.4 is 10.6 Å². The van der Waals surface area contributed by atoms with Gasteiger partial charge in [-0.2, -0.15) is 0 Å². The number of likely N-dealkylation sites (tertiary alicyclic amines) is 1. The second-order valence-corrected chi connectivity index (χ2v) is 9.63. The van der Waals surface area contributed by atoms with Gasteiger partial charge >= 0.3 is 0 Å². The van der Waals surface area contributed by atoms with Gasteiger partial charge in [-0.15, -0.1) is 0 Å². The van der Waals surface area contributed by atoms with Gasteiger partial charge in [0.2, 0.25) is 11.8 Å². The summed E-state index contributed by atoms with van der Waals surface area (Å²) in [5.74, 6) is 0.941. The summed E-state index contributed by atoms with van der Waals surface area (Å²) in [4.78, 5) is 31.2. The molecule has 2 fully saturated rings. The fourth-order valence-corrected chi connectivity index (χ4v) is 5.00. The number of aliphatic imine (C=N–C) groups is 1. The third-order valence-corrected chi connectivity index (χ3v) is 6.69. The zero-order chi connectivity index (χ0) is 21.5. The van der Waals surface area contributed by atoms with E-state index in [-0.39, 0.29) is 40.9 Å². The summed E-state index contributed by atoms with van der Waals surface area (Å²) >= 11 is 0. The van der Waals surface area contributed by atoms with E-state index in [1.165, 1.54) is 16.0 Å². The molecule has 2 bridgehead atoms. The molecular formula is C24H32N4O2. The first-order valence-electron chi connectivity index (χ1n) is 10.9. The molecule has 4 rings (SSSR count). The Morgan fingerprint density at radius 1 is 1.03 bits per heavy atom. The molecule has 6 nitrogen and oxygen atoms in total. The molecule has 2 N–H and O–H groups in total. The van der Waals surface area contributed by atoms with Crippen molar-refractivity contribution in [2.75, 3.05) is 20.1 Å². The highest BCUT2D eigenvalue weighted by molar-refractivity contribution is 6.06. The van der Waals surface area contributed by atoms with E-state index in [4.69, 9.17) is 0 Å². The molecule has 1 saturated carbocycles. The lowest BCUT2D eigenvalue weighted by atomic mass is 9.85. The quantitative estimate of drug-likeness (QED) is 0.340. The van der Waals surface area contributed by atoms with Gasteiger partial charge in [-0.05, 0) is 34.8 Å². The van der Waals surface area contributed by atoms with E-state index in [1.54, 1.807) is 7.05 Å². The van der Waals surface area contributed by atoms with Crippen molar-refractivity contribution in [1.82, 2.24) is 15.5 Å². The fourth-order valence-electron chi connectivity index (χ4n) is 5.00. The summed E-state index contributed by atoms with van der Waals surface area (Å²) in [5, 5.41) is 6.52. The van der Waals surface area contributed by atoms with Crippen LogP contribution in [0.2, 0.25) is 0 Å². The molecule has 6 heteroatoms. The number of imide groups is 1. The minimum Gasteiger partial charge on any atom is -0.355 e. The normalized spacial score (nSPS) is 27.7. The van der Waals surface area contributed by atoms with Crippen LogP contribution in [-0.4, -0.2) is 42.8 Å². The number of amides is 2. The van der Waals surface area contributed by atoms with Gasteiger partial charge in [0.25, 0.3) is 0 Å². The average Bonchev–Trinajstić information content (AvgIpc) is 3.39. The average molecular weight is 409 g/mol. The second-order valence-electron chi connectivity index (χ2n) is 9.63. The lowest BCUT2D eigenvalue weighted by Crippen LogP contribution is -2.43. The highest BCUT2D eigenvalue weighted by Crippen LogP contribution is 2.52. The maximum absolute atomic E-state index is 12.7. The van der Waals surface area contributed by atoms with Crippen LogP contribution in [0.1, 0.15) is 38.3 Å². The monoisotopic (exact) mass is 408 g/mol. The third-order valence-electron chi connectivity index (χ3n) is 6.69. The molecule has 1 heterocycles. The van der Waals surface area contributed by atoms with Gasteiger partial charge in [-0.1, -0.05) is 57.2 Å². The maximum atomic E-state index is 12.7. The lowest BCUT2D eigenvalue weighted by Gasteiger charge is -2.20. The highest BCUT2D eigenvalue weighted by atomic mass is 16.2. The predicted octanol–water partition coefficient (Wildman–Crippen LogP) is 2.46. The van der Waals surface area contributed by atoms with Crippen molar-refractivity contribution in [3.63, 3.8) is 0 Å². The number of carbonyl (C=O) groups is 2. The van der Waals surface area contributed by atoms with Gasteiger partial charge in [0, 0.05) is 26.7 Å². The Bertz CT molecular complexity index is 851. The van der Waals surface area contributed by atoms with Gasteiger partial charge in [0.05, 0.1) is 11.8 Å². The Morgan fingerprint density at radius 3 is 2.17 bits per heavy atom. The van der Waals surface area contributed by atoms with E-state index in [2.05, 4.69) is 72.8 Å². The molecule has 4 atom stereocenters. The summed E-state index contributed by atoms with van der Waals surface area (Å²) in [5.41, 5.74) is 2.62. The molecule has 0 aromatic heterocycles. The second kappa shape index (κ2) is 7.89. The molecule has 3 aliphatic rings. The number of rotatable bonds is 5. The molecule has 1 saturated heterocycles. The summed E-state index contributed by atoms with van der Waals surface area (Å²) in [6, 6.07) is 8.58. The summed E-state index contributed by atoms with van der Waals surface area (Å²) < 4.78 is 0. The van der Waals surface area contributed by atoms with Crippen LogP contribution in [0, 0.1) is 23.7 Å². The molecule has 0 spiro atoms. The number of allylic oxidation sites excluding steroid dienone is 2. The van der Waals surface area contributed by atoms with Crippen LogP contribution in [0.4, 0.5) is 0 Å². The summed E-state index contributed by atoms with van der Waals surface area (Å²) in [7, 11) is 1.72. The number of hydrogen-bond donors (Lipinski definition) is 2. The number of benzene rings is 1. The molecule has 160 valence electrons. The predicted molar refractivity (Wildman–Crippen MR) is 118 cm³/mol. The molecule has 4 unspecified atom stereocenters. The van der Waals surface area contributed by atoms with Crippen molar-refractivity contribution in [3.05, 3.63) is 47.5 Å². The van der Waals surface area contributed by atoms with Crippen molar-refractivity contribution in [3.8, 4) is 0 Å². The smallest absolute Gasteiger partial charge is 0.233 e. The van der Waals surface area contributed by atoms with Crippen molar-refractivity contribution >= 4 is 17.8 Å². The number of nitrogens with one attached hydrogen (secondary N) is 2. The molecular weight excluding hydrogens is 376 g/mol. The topological polar surface area (TPSA) is 73.8 Å². The van der Waals surface area contributed by atoms with Crippen LogP contribution >= 0.6 is 0 Å². The third kappa shape index (κ3) is 3.75. The summed E-state index contributed by atoms with van der Waals surface area (Å²) in [6.07, 6.45) is 5.21. The first-order valence-corrected chi connectivity index (χ1v) is 10.9. The standard InChI is InChI=1S/C24H32N4O2/c1-24(2,3)18-9-5-15(6-10-18)14-27-23(25-4)26-11-12-28-21(29)19-16-7-8-17(13-16)20(19)22(28)30/h5-10,16-17,19-20H,11-14H2,1-4H3,(H2,25,26,27). The first kappa shape index (κ1) is 20.6. The zero-order valence-corrected chi connectivity index (χ0v) is 18.3. The van der Waals surface area contributed by atoms with E-state index >= 15 is 0 Å².